The first-order chi connectivity index (χ1) is 12.2. The summed E-state index contributed by atoms with van der Waals surface area (Å²) < 4.78 is 18.1. The number of carbonyl (C=O) groups excluding carboxylic acids is 1. The lowest BCUT2D eigenvalue weighted by atomic mass is 9.92. The minimum atomic E-state index is -0.671. The number of hydrogen-bond acceptors (Lipinski definition) is 2. The van der Waals surface area contributed by atoms with E-state index >= 15 is 0 Å². The van der Waals surface area contributed by atoms with Crippen LogP contribution >= 0.6 is 0 Å². The van der Waals surface area contributed by atoms with E-state index < -0.39 is 11.7 Å². The molecule has 2 aromatic rings. The SMILES string of the molecule is Cn1c(C(C)(C)C)c/c(=N\C(=O)c2cc(C#N)ccc2F)n1CC1CC1. The molecule has 1 saturated carbocycles. The quantitative estimate of drug-likeness (QED) is 0.849. The number of amides is 1. The van der Waals surface area contributed by atoms with Gasteiger partial charge in [0.2, 0.25) is 0 Å². The van der Waals surface area contributed by atoms with Crippen LogP contribution in [0, 0.1) is 23.1 Å². The van der Waals surface area contributed by atoms with Crippen molar-refractivity contribution in [2.45, 2.75) is 45.6 Å². The van der Waals surface area contributed by atoms with Crippen LogP contribution in [0.1, 0.15) is 55.2 Å². The summed E-state index contributed by atoms with van der Waals surface area (Å²) in [6, 6.07) is 7.54. The lowest BCUT2D eigenvalue weighted by molar-refractivity contribution is 0.0992. The van der Waals surface area contributed by atoms with E-state index in [0.29, 0.717) is 11.4 Å². The first-order valence-corrected chi connectivity index (χ1v) is 8.76. The molecule has 0 spiro atoms. The van der Waals surface area contributed by atoms with Crippen LogP contribution in [-0.4, -0.2) is 15.3 Å². The van der Waals surface area contributed by atoms with Gasteiger partial charge in [0.1, 0.15) is 5.82 Å². The summed E-state index contributed by atoms with van der Waals surface area (Å²) in [5.41, 5.74) is 1.53. The zero-order valence-electron chi connectivity index (χ0n) is 15.6. The fourth-order valence-corrected chi connectivity index (χ4v) is 3.05. The van der Waals surface area contributed by atoms with Crippen molar-refractivity contribution in [1.29, 1.82) is 5.26 Å². The van der Waals surface area contributed by atoms with Crippen LogP contribution in [0.3, 0.4) is 0 Å². The molecule has 0 N–H and O–H groups in total. The number of nitrogens with zero attached hydrogens (tertiary/aromatic N) is 4. The summed E-state index contributed by atoms with van der Waals surface area (Å²) in [5.74, 6) is -0.738. The standard InChI is InChI=1S/C20H23FN4O/c1-20(2,3)17-10-18(25(24(17)4)12-13-5-6-13)23-19(26)15-9-14(11-22)7-8-16(15)21/h7-10,13H,5-6,12H2,1-4H3/b23-18+. The van der Waals surface area contributed by atoms with Gasteiger partial charge >= 0.3 is 0 Å². The van der Waals surface area contributed by atoms with Crippen molar-refractivity contribution in [3.05, 3.63) is 52.4 Å². The van der Waals surface area contributed by atoms with Gasteiger partial charge in [0.15, 0.2) is 5.49 Å². The van der Waals surface area contributed by atoms with Crippen molar-refractivity contribution in [3.63, 3.8) is 0 Å². The molecular weight excluding hydrogens is 331 g/mol. The van der Waals surface area contributed by atoms with Gasteiger partial charge in [-0.1, -0.05) is 20.8 Å². The van der Waals surface area contributed by atoms with Crippen LogP contribution in [0.4, 0.5) is 4.39 Å². The normalized spacial score (nSPS) is 15.2. The largest absolute Gasteiger partial charge is 0.291 e. The molecule has 26 heavy (non-hydrogen) atoms. The van der Waals surface area contributed by atoms with Crippen LogP contribution < -0.4 is 5.49 Å². The molecule has 1 aliphatic carbocycles. The van der Waals surface area contributed by atoms with Crippen LogP contribution in [0.2, 0.25) is 0 Å². The Morgan fingerprint density at radius 1 is 1.35 bits per heavy atom. The third-order valence-corrected chi connectivity index (χ3v) is 4.68. The molecule has 6 heteroatoms. The molecule has 0 aliphatic heterocycles. The third-order valence-electron chi connectivity index (χ3n) is 4.68. The maximum absolute atomic E-state index is 14.1. The number of halogens is 1. The molecule has 1 heterocycles. The molecular formula is C20H23FN4O. The molecule has 0 bridgehead atoms. The average Bonchev–Trinajstić information content (AvgIpc) is 3.33. The predicted molar refractivity (Wildman–Crippen MR) is 95.8 cm³/mol. The second-order valence-corrected chi connectivity index (χ2v) is 7.91. The van der Waals surface area contributed by atoms with Crippen molar-refractivity contribution < 1.29 is 9.18 Å². The Morgan fingerprint density at radius 3 is 2.62 bits per heavy atom. The van der Waals surface area contributed by atoms with Crippen LogP contribution in [0.5, 0.6) is 0 Å². The Kier molecular flexibility index (Phi) is 4.57. The zero-order valence-corrected chi connectivity index (χ0v) is 15.6. The molecule has 5 nitrogen and oxygen atoms in total. The fraction of sp³-hybridized carbons (Fsp3) is 0.450. The van der Waals surface area contributed by atoms with E-state index in [4.69, 9.17) is 5.26 Å². The first-order valence-electron chi connectivity index (χ1n) is 8.76. The highest BCUT2D eigenvalue weighted by Crippen LogP contribution is 2.30. The Hall–Kier alpha value is -2.68. The van der Waals surface area contributed by atoms with Crippen molar-refractivity contribution in [3.8, 4) is 6.07 Å². The second-order valence-electron chi connectivity index (χ2n) is 7.91. The highest BCUT2D eigenvalue weighted by atomic mass is 19.1. The monoisotopic (exact) mass is 354 g/mol. The number of rotatable bonds is 3. The molecule has 1 aromatic carbocycles. The number of benzene rings is 1. The Balaban J connectivity index is 2.10. The molecule has 0 unspecified atom stereocenters. The third kappa shape index (κ3) is 3.62. The molecule has 1 amide bonds. The number of nitriles is 1. The summed E-state index contributed by atoms with van der Waals surface area (Å²) in [4.78, 5) is 16.8. The number of aromatic nitrogens is 2. The van der Waals surface area contributed by atoms with Gasteiger partial charge in [0.05, 0.1) is 17.2 Å². The summed E-state index contributed by atoms with van der Waals surface area (Å²) in [7, 11) is 1.96. The molecule has 0 saturated heterocycles. The van der Waals surface area contributed by atoms with E-state index in [1.165, 1.54) is 25.0 Å². The molecule has 1 aromatic heterocycles. The molecule has 1 fully saturated rings. The van der Waals surface area contributed by atoms with Gasteiger partial charge in [-0.2, -0.15) is 10.3 Å². The van der Waals surface area contributed by atoms with Crippen LogP contribution in [0.15, 0.2) is 29.3 Å². The van der Waals surface area contributed by atoms with Gasteiger partial charge in [-0.05, 0) is 37.0 Å². The Labute approximate surface area is 152 Å². The highest BCUT2D eigenvalue weighted by Gasteiger charge is 2.26. The fourth-order valence-electron chi connectivity index (χ4n) is 3.05. The van der Waals surface area contributed by atoms with E-state index in [1.54, 1.807) is 0 Å². The zero-order chi connectivity index (χ0) is 19.1. The molecule has 3 rings (SSSR count). The summed E-state index contributed by atoms with van der Waals surface area (Å²) in [6.07, 6.45) is 2.35. The minimum Gasteiger partial charge on any atom is -0.291 e. The van der Waals surface area contributed by atoms with Crippen molar-refractivity contribution in [2.24, 2.45) is 18.0 Å². The number of carbonyl (C=O) groups is 1. The lowest BCUT2D eigenvalue weighted by Crippen LogP contribution is -2.26. The maximum Gasteiger partial charge on any atom is 0.282 e. The molecule has 136 valence electrons. The molecule has 0 radical (unpaired) electrons. The molecule has 0 atom stereocenters. The van der Waals surface area contributed by atoms with Gasteiger partial charge < -0.3 is 0 Å². The smallest absolute Gasteiger partial charge is 0.282 e. The predicted octanol–water partition coefficient (Wildman–Crippen LogP) is 3.29. The van der Waals surface area contributed by atoms with E-state index in [0.717, 1.165) is 18.3 Å². The Morgan fingerprint density at radius 2 is 2.04 bits per heavy atom. The first kappa shape index (κ1) is 18.1. The van der Waals surface area contributed by atoms with Crippen LogP contribution in [-0.2, 0) is 19.0 Å². The van der Waals surface area contributed by atoms with Gasteiger partial charge in [-0.25, -0.2) is 4.39 Å². The van der Waals surface area contributed by atoms with Gasteiger partial charge in [0, 0.05) is 30.8 Å². The number of hydrogen-bond donors (Lipinski definition) is 0. The van der Waals surface area contributed by atoms with Gasteiger partial charge in [0.25, 0.3) is 5.91 Å². The topological polar surface area (TPSA) is 63.1 Å². The van der Waals surface area contributed by atoms with Crippen LogP contribution in [0.25, 0.3) is 0 Å². The lowest BCUT2D eigenvalue weighted by Gasteiger charge is -2.20. The van der Waals surface area contributed by atoms with Gasteiger partial charge in [-0.3, -0.25) is 14.2 Å². The summed E-state index contributed by atoms with van der Waals surface area (Å²) in [5, 5.41) is 8.98. The molecule has 1 aliphatic rings. The van der Waals surface area contributed by atoms with E-state index in [-0.39, 0.29) is 16.5 Å². The Bertz CT molecular complexity index is 965. The van der Waals surface area contributed by atoms with Crippen molar-refractivity contribution in [1.82, 2.24) is 9.36 Å². The van der Waals surface area contributed by atoms with Gasteiger partial charge in [-0.15, -0.1) is 0 Å². The second kappa shape index (κ2) is 6.56. The van der Waals surface area contributed by atoms with E-state index in [1.807, 2.05) is 28.5 Å². The summed E-state index contributed by atoms with van der Waals surface area (Å²) >= 11 is 0. The van der Waals surface area contributed by atoms with E-state index in [9.17, 15) is 9.18 Å². The summed E-state index contributed by atoms with van der Waals surface area (Å²) in [6.45, 7) is 7.10. The minimum absolute atomic E-state index is 0.108. The maximum atomic E-state index is 14.1. The van der Waals surface area contributed by atoms with E-state index in [2.05, 4.69) is 25.8 Å². The highest BCUT2D eigenvalue weighted by molar-refractivity contribution is 5.95. The average molecular weight is 354 g/mol. The van der Waals surface area contributed by atoms with Crippen molar-refractivity contribution >= 4 is 5.91 Å². The van der Waals surface area contributed by atoms with Crippen molar-refractivity contribution in [2.75, 3.05) is 0 Å².